The molecular weight excluding hydrogens is 294 g/mol. The van der Waals surface area contributed by atoms with Crippen LogP contribution in [0.25, 0.3) is 0 Å². The zero-order valence-electron chi connectivity index (χ0n) is 11.0. The maximum atomic E-state index is 5.61. The zero-order valence-corrected chi connectivity index (χ0v) is 12.6. The first-order chi connectivity index (χ1) is 9.69. The predicted octanol–water partition coefficient (Wildman–Crippen LogP) is 1.77. The summed E-state index contributed by atoms with van der Waals surface area (Å²) in [5.41, 5.74) is 11.2. The normalized spacial score (nSPS) is 22.8. The Bertz CT molecular complexity index is 508. The number of aromatic nitrogens is 4. The molecule has 0 saturated heterocycles. The topological polar surface area (TPSA) is 116 Å². The minimum atomic E-state index is 0.470. The lowest BCUT2D eigenvalue weighted by Gasteiger charge is -2.28. The maximum Gasteiger partial charge on any atom is 0.207 e. The van der Waals surface area contributed by atoms with Gasteiger partial charge in [-0.15, -0.1) is 20.4 Å². The van der Waals surface area contributed by atoms with E-state index >= 15 is 0 Å². The van der Waals surface area contributed by atoms with Crippen LogP contribution in [0.1, 0.15) is 30.7 Å². The lowest BCUT2D eigenvalue weighted by molar-refractivity contribution is 0.335. The molecule has 0 unspecified atom stereocenters. The van der Waals surface area contributed by atoms with Crippen LogP contribution in [0.15, 0.2) is 0 Å². The summed E-state index contributed by atoms with van der Waals surface area (Å²) in [7, 11) is 0. The van der Waals surface area contributed by atoms with Crippen LogP contribution in [0, 0.1) is 5.92 Å². The number of nitrogens with one attached hydrogen (secondary N) is 1. The third-order valence-electron chi connectivity index (χ3n) is 3.56. The van der Waals surface area contributed by atoms with E-state index in [4.69, 9.17) is 11.5 Å². The molecule has 0 atom stereocenters. The van der Waals surface area contributed by atoms with Gasteiger partial charge in [-0.25, -0.2) is 0 Å². The average Bonchev–Trinajstić information content (AvgIpc) is 3.01. The second-order valence-corrected chi connectivity index (χ2v) is 7.15. The molecule has 2 aromatic rings. The van der Waals surface area contributed by atoms with Gasteiger partial charge in [-0.3, -0.25) is 0 Å². The molecule has 2 heterocycles. The van der Waals surface area contributed by atoms with Crippen molar-refractivity contribution in [2.75, 3.05) is 16.8 Å². The molecule has 9 heteroatoms. The highest BCUT2D eigenvalue weighted by Gasteiger charge is 2.23. The van der Waals surface area contributed by atoms with Crippen LogP contribution in [0.4, 0.5) is 15.4 Å². The first-order valence-electron chi connectivity index (χ1n) is 6.62. The van der Waals surface area contributed by atoms with Crippen LogP contribution in [0.2, 0.25) is 0 Å². The van der Waals surface area contributed by atoms with Gasteiger partial charge < -0.3 is 16.8 Å². The Morgan fingerprint density at radius 3 is 2.25 bits per heavy atom. The first kappa shape index (κ1) is 13.5. The predicted molar refractivity (Wildman–Crippen MR) is 81.7 cm³/mol. The van der Waals surface area contributed by atoms with Gasteiger partial charge in [0, 0.05) is 12.5 Å². The van der Waals surface area contributed by atoms with E-state index in [1.165, 1.54) is 35.5 Å². The molecule has 1 aliphatic carbocycles. The number of nitrogens with zero attached hydrogens (tertiary/aromatic N) is 4. The van der Waals surface area contributed by atoms with Gasteiger partial charge in [-0.2, -0.15) is 0 Å². The molecule has 2 aromatic heterocycles. The van der Waals surface area contributed by atoms with Crippen molar-refractivity contribution in [3.8, 4) is 0 Å². The van der Waals surface area contributed by atoms with E-state index in [-0.39, 0.29) is 0 Å². The lowest BCUT2D eigenvalue weighted by Crippen LogP contribution is -2.26. The Morgan fingerprint density at radius 2 is 1.65 bits per heavy atom. The second-order valence-electron chi connectivity index (χ2n) is 5.05. The molecule has 0 radical (unpaired) electrons. The third kappa shape index (κ3) is 3.34. The SMILES string of the molecule is Nc1nnc(CC2CCC(Nc3nnc(N)s3)CC2)s1. The smallest absolute Gasteiger partial charge is 0.207 e. The van der Waals surface area contributed by atoms with E-state index in [0.717, 1.165) is 29.4 Å². The highest BCUT2D eigenvalue weighted by Crippen LogP contribution is 2.30. The van der Waals surface area contributed by atoms with Gasteiger partial charge in [-0.05, 0) is 31.6 Å². The highest BCUT2D eigenvalue weighted by atomic mass is 32.1. The van der Waals surface area contributed by atoms with Crippen LogP contribution < -0.4 is 16.8 Å². The highest BCUT2D eigenvalue weighted by molar-refractivity contribution is 7.18. The Labute approximate surface area is 124 Å². The molecule has 1 fully saturated rings. The lowest BCUT2D eigenvalue weighted by atomic mass is 9.84. The number of nitrogens with two attached hydrogens (primary N) is 2. The van der Waals surface area contributed by atoms with E-state index in [1.807, 2.05) is 0 Å². The van der Waals surface area contributed by atoms with Crippen molar-refractivity contribution in [2.24, 2.45) is 5.92 Å². The molecule has 5 N–H and O–H groups in total. The fraction of sp³-hybridized carbons (Fsp3) is 0.636. The van der Waals surface area contributed by atoms with Gasteiger partial charge in [0.2, 0.25) is 15.4 Å². The number of hydrogen-bond acceptors (Lipinski definition) is 9. The van der Waals surface area contributed by atoms with E-state index in [0.29, 0.717) is 22.2 Å². The van der Waals surface area contributed by atoms with Crippen LogP contribution in [-0.4, -0.2) is 26.4 Å². The summed E-state index contributed by atoms with van der Waals surface area (Å²) in [6.07, 6.45) is 5.64. The molecule has 0 bridgehead atoms. The van der Waals surface area contributed by atoms with Crippen molar-refractivity contribution in [2.45, 2.75) is 38.1 Å². The Kier molecular flexibility index (Phi) is 3.97. The molecule has 108 valence electrons. The number of hydrogen-bond donors (Lipinski definition) is 3. The molecule has 1 saturated carbocycles. The minimum absolute atomic E-state index is 0.470. The van der Waals surface area contributed by atoms with Crippen molar-refractivity contribution in [3.63, 3.8) is 0 Å². The third-order valence-corrected chi connectivity index (χ3v) is 5.02. The monoisotopic (exact) mass is 311 g/mol. The summed E-state index contributed by atoms with van der Waals surface area (Å²) in [6.45, 7) is 0. The summed E-state index contributed by atoms with van der Waals surface area (Å²) in [5, 5.41) is 22.1. The van der Waals surface area contributed by atoms with Crippen LogP contribution in [-0.2, 0) is 6.42 Å². The van der Waals surface area contributed by atoms with Gasteiger partial charge in [0.1, 0.15) is 5.01 Å². The zero-order chi connectivity index (χ0) is 13.9. The fourth-order valence-corrected chi connectivity index (χ4v) is 3.89. The Hall–Kier alpha value is -1.48. The van der Waals surface area contributed by atoms with E-state index < -0.39 is 0 Å². The number of nitrogen functional groups attached to an aromatic ring is 2. The number of anilines is 3. The van der Waals surface area contributed by atoms with Crippen molar-refractivity contribution in [3.05, 3.63) is 5.01 Å². The van der Waals surface area contributed by atoms with Gasteiger partial charge in [0.25, 0.3) is 0 Å². The summed E-state index contributed by atoms with van der Waals surface area (Å²) in [4.78, 5) is 0. The number of rotatable bonds is 4. The molecule has 0 aromatic carbocycles. The van der Waals surface area contributed by atoms with Crippen LogP contribution in [0.5, 0.6) is 0 Å². The average molecular weight is 311 g/mol. The molecule has 0 aliphatic heterocycles. The van der Waals surface area contributed by atoms with Gasteiger partial charge in [0.15, 0.2) is 0 Å². The maximum absolute atomic E-state index is 5.61. The van der Waals surface area contributed by atoms with Crippen molar-refractivity contribution >= 4 is 38.1 Å². The van der Waals surface area contributed by atoms with Crippen LogP contribution >= 0.6 is 22.7 Å². The second kappa shape index (κ2) is 5.88. The molecule has 20 heavy (non-hydrogen) atoms. The summed E-state index contributed by atoms with van der Waals surface area (Å²) >= 11 is 2.90. The summed E-state index contributed by atoms with van der Waals surface area (Å²) in [6, 6.07) is 0.470. The van der Waals surface area contributed by atoms with Crippen molar-refractivity contribution in [1.29, 1.82) is 0 Å². The largest absolute Gasteiger partial charge is 0.374 e. The van der Waals surface area contributed by atoms with Crippen molar-refractivity contribution < 1.29 is 0 Å². The summed E-state index contributed by atoms with van der Waals surface area (Å²) in [5.74, 6) is 0.680. The minimum Gasteiger partial charge on any atom is -0.374 e. The van der Waals surface area contributed by atoms with Gasteiger partial charge in [0.05, 0.1) is 0 Å². The van der Waals surface area contributed by atoms with E-state index in [9.17, 15) is 0 Å². The van der Waals surface area contributed by atoms with Crippen LogP contribution in [0.3, 0.4) is 0 Å². The molecule has 3 rings (SSSR count). The Balaban J connectivity index is 1.47. The van der Waals surface area contributed by atoms with E-state index in [2.05, 4.69) is 25.7 Å². The molecule has 1 aliphatic rings. The molecular formula is C11H17N7S2. The first-order valence-corrected chi connectivity index (χ1v) is 8.25. The molecule has 0 spiro atoms. The van der Waals surface area contributed by atoms with Gasteiger partial charge >= 0.3 is 0 Å². The molecule has 0 amide bonds. The summed E-state index contributed by atoms with van der Waals surface area (Å²) < 4.78 is 0. The van der Waals surface area contributed by atoms with E-state index in [1.54, 1.807) is 0 Å². The quantitative estimate of drug-likeness (QED) is 0.788. The fourth-order valence-electron chi connectivity index (χ4n) is 2.57. The van der Waals surface area contributed by atoms with Crippen molar-refractivity contribution in [1.82, 2.24) is 20.4 Å². The van der Waals surface area contributed by atoms with Gasteiger partial charge in [-0.1, -0.05) is 22.7 Å². The Morgan fingerprint density at radius 1 is 0.950 bits per heavy atom. The molecule has 7 nitrogen and oxygen atoms in total. The standard InChI is InChI=1S/C11H17N7S2/c12-9-16-15-8(19-9)5-6-1-3-7(4-2-6)14-11-18-17-10(13)20-11/h6-7H,1-5H2,(H2,12,16)(H2,13,17)(H,14,18).